The van der Waals surface area contributed by atoms with Crippen molar-refractivity contribution in [3.8, 4) is 0 Å². The molecule has 5 nitrogen and oxygen atoms in total. The van der Waals surface area contributed by atoms with Gasteiger partial charge in [0.25, 0.3) is 0 Å². The molecule has 0 saturated carbocycles. The SMILES string of the molecule is CN(Cc1ccccc1)c1ccc(C(=O)O)cc1S(C)(=O)=O. The Kier molecular flexibility index (Phi) is 4.51. The summed E-state index contributed by atoms with van der Waals surface area (Å²) in [5, 5.41) is 9.03. The van der Waals surface area contributed by atoms with Gasteiger partial charge in [-0.05, 0) is 23.8 Å². The summed E-state index contributed by atoms with van der Waals surface area (Å²) >= 11 is 0. The highest BCUT2D eigenvalue weighted by molar-refractivity contribution is 7.90. The molecule has 0 aliphatic carbocycles. The van der Waals surface area contributed by atoms with E-state index in [0.717, 1.165) is 11.8 Å². The number of rotatable bonds is 5. The summed E-state index contributed by atoms with van der Waals surface area (Å²) in [4.78, 5) is 12.9. The molecule has 0 bridgehead atoms. The minimum absolute atomic E-state index is 0.0193. The molecule has 6 heteroatoms. The van der Waals surface area contributed by atoms with Crippen molar-refractivity contribution < 1.29 is 18.3 Å². The molecule has 0 aromatic heterocycles. The number of benzene rings is 2. The van der Waals surface area contributed by atoms with E-state index in [0.29, 0.717) is 12.2 Å². The first-order valence-electron chi connectivity index (χ1n) is 6.61. The Morgan fingerprint density at radius 1 is 1.14 bits per heavy atom. The summed E-state index contributed by atoms with van der Waals surface area (Å²) in [6.45, 7) is 0.524. The molecule has 0 amide bonds. The Bertz CT molecular complexity index is 785. The molecule has 2 rings (SSSR count). The van der Waals surface area contributed by atoms with E-state index in [4.69, 9.17) is 5.11 Å². The zero-order valence-electron chi connectivity index (χ0n) is 12.4. The number of carboxylic acids is 1. The maximum absolute atomic E-state index is 12.0. The maximum atomic E-state index is 12.0. The first-order valence-corrected chi connectivity index (χ1v) is 8.50. The molecular weight excluding hydrogens is 302 g/mol. The van der Waals surface area contributed by atoms with Gasteiger partial charge < -0.3 is 10.0 Å². The van der Waals surface area contributed by atoms with Crippen LogP contribution in [0.3, 0.4) is 0 Å². The van der Waals surface area contributed by atoms with Crippen molar-refractivity contribution in [2.24, 2.45) is 0 Å². The molecule has 0 saturated heterocycles. The molecule has 0 aliphatic rings. The second-order valence-corrected chi connectivity index (χ2v) is 7.09. The van der Waals surface area contributed by atoms with Gasteiger partial charge in [0.2, 0.25) is 0 Å². The Balaban J connectivity index is 2.43. The lowest BCUT2D eigenvalue weighted by Gasteiger charge is -2.22. The average molecular weight is 319 g/mol. The molecule has 22 heavy (non-hydrogen) atoms. The standard InChI is InChI=1S/C16H17NO4S/c1-17(11-12-6-4-3-5-7-12)14-9-8-13(16(18)19)10-15(14)22(2,20)21/h3-10H,11H2,1-2H3,(H,18,19). The minimum Gasteiger partial charge on any atom is -0.478 e. The van der Waals surface area contributed by atoms with Crippen LogP contribution in [0.4, 0.5) is 5.69 Å². The van der Waals surface area contributed by atoms with Gasteiger partial charge in [0, 0.05) is 19.8 Å². The lowest BCUT2D eigenvalue weighted by molar-refractivity contribution is 0.0696. The van der Waals surface area contributed by atoms with Crippen molar-refractivity contribution in [2.75, 3.05) is 18.2 Å². The zero-order valence-corrected chi connectivity index (χ0v) is 13.2. The van der Waals surface area contributed by atoms with Gasteiger partial charge in [-0.2, -0.15) is 0 Å². The zero-order chi connectivity index (χ0) is 16.3. The van der Waals surface area contributed by atoms with Crippen LogP contribution in [0.2, 0.25) is 0 Å². The number of sulfone groups is 1. The summed E-state index contributed by atoms with van der Waals surface area (Å²) in [5.74, 6) is -1.15. The van der Waals surface area contributed by atoms with E-state index in [-0.39, 0.29) is 10.5 Å². The van der Waals surface area contributed by atoms with Crippen LogP contribution in [0.1, 0.15) is 15.9 Å². The Labute approximate surface area is 129 Å². The molecule has 0 heterocycles. The fourth-order valence-electron chi connectivity index (χ4n) is 2.20. The number of aromatic carboxylic acids is 1. The third kappa shape index (κ3) is 3.65. The van der Waals surface area contributed by atoms with Crippen LogP contribution < -0.4 is 4.90 Å². The number of nitrogens with zero attached hydrogens (tertiary/aromatic N) is 1. The predicted molar refractivity (Wildman–Crippen MR) is 85.1 cm³/mol. The van der Waals surface area contributed by atoms with Gasteiger partial charge in [-0.3, -0.25) is 0 Å². The fraction of sp³-hybridized carbons (Fsp3) is 0.188. The number of carboxylic acid groups (broad SMARTS) is 1. The third-order valence-electron chi connectivity index (χ3n) is 3.28. The summed E-state index contributed by atoms with van der Waals surface area (Å²) < 4.78 is 23.9. The lowest BCUT2D eigenvalue weighted by atomic mass is 10.1. The van der Waals surface area contributed by atoms with Crippen molar-refractivity contribution in [1.82, 2.24) is 0 Å². The van der Waals surface area contributed by atoms with E-state index >= 15 is 0 Å². The molecule has 1 N–H and O–H groups in total. The van der Waals surface area contributed by atoms with Gasteiger partial charge >= 0.3 is 5.97 Å². The van der Waals surface area contributed by atoms with Crippen LogP contribution in [0.15, 0.2) is 53.4 Å². The van der Waals surface area contributed by atoms with Crippen molar-refractivity contribution in [1.29, 1.82) is 0 Å². The van der Waals surface area contributed by atoms with Crippen molar-refractivity contribution >= 4 is 21.5 Å². The van der Waals surface area contributed by atoms with Crippen LogP contribution in [-0.4, -0.2) is 32.8 Å². The summed E-state index contributed by atoms with van der Waals surface area (Å²) in [7, 11) is -1.76. The highest BCUT2D eigenvalue weighted by atomic mass is 32.2. The van der Waals surface area contributed by atoms with E-state index < -0.39 is 15.8 Å². The van der Waals surface area contributed by atoms with E-state index in [1.54, 1.807) is 11.9 Å². The van der Waals surface area contributed by atoms with Crippen LogP contribution in [0, 0.1) is 0 Å². The second kappa shape index (κ2) is 6.19. The van der Waals surface area contributed by atoms with Crippen molar-refractivity contribution in [3.05, 3.63) is 59.7 Å². The van der Waals surface area contributed by atoms with E-state index in [1.807, 2.05) is 30.3 Å². The van der Waals surface area contributed by atoms with Crippen molar-refractivity contribution in [2.45, 2.75) is 11.4 Å². The van der Waals surface area contributed by atoms with Crippen molar-refractivity contribution in [3.63, 3.8) is 0 Å². The van der Waals surface area contributed by atoms with Crippen LogP contribution in [-0.2, 0) is 16.4 Å². The Morgan fingerprint density at radius 2 is 1.77 bits per heavy atom. The summed E-state index contributed by atoms with van der Waals surface area (Å²) in [5.41, 5.74) is 1.47. The molecule has 0 unspecified atom stereocenters. The second-order valence-electron chi connectivity index (χ2n) is 5.10. The Morgan fingerprint density at radius 3 is 2.32 bits per heavy atom. The number of hydrogen-bond acceptors (Lipinski definition) is 4. The quantitative estimate of drug-likeness (QED) is 0.916. The van der Waals surface area contributed by atoms with Gasteiger partial charge in [0.15, 0.2) is 9.84 Å². The molecule has 0 atom stereocenters. The molecule has 0 fully saturated rings. The monoisotopic (exact) mass is 319 g/mol. The van der Waals surface area contributed by atoms with Gasteiger partial charge in [-0.25, -0.2) is 13.2 Å². The predicted octanol–water partition coefficient (Wildman–Crippen LogP) is 2.42. The third-order valence-corrected chi connectivity index (χ3v) is 4.41. The molecule has 0 radical (unpaired) electrons. The van der Waals surface area contributed by atoms with E-state index in [1.165, 1.54) is 18.2 Å². The van der Waals surface area contributed by atoms with Crippen LogP contribution >= 0.6 is 0 Å². The topological polar surface area (TPSA) is 74.7 Å². The molecule has 0 spiro atoms. The molecule has 116 valence electrons. The maximum Gasteiger partial charge on any atom is 0.335 e. The van der Waals surface area contributed by atoms with Crippen LogP contribution in [0.5, 0.6) is 0 Å². The molecule has 2 aromatic rings. The first kappa shape index (κ1) is 16.0. The molecule has 2 aromatic carbocycles. The normalized spacial score (nSPS) is 11.2. The van der Waals surface area contributed by atoms with Gasteiger partial charge in [-0.15, -0.1) is 0 Å². The first-order chi connectivity index (χ1) is 10.3. The average Bonchev–Trinajstić information content (AvgIpc) is 2.46. The summed E-state index contributed by atoms with van der Waals surface area (Å²) in [6, 6.07) is 13.8. The largest absolute Gasteiger partial charge is 0.478 e. The fourth-order valence-corrected chi connectivity index (χ4v) is 3.15. The highest BCUT2D eigenvalue weighted by Gasteiger charge is 2.19. The smallest absolute Gasteiger partial charge is 0.335 e. The number of anilines is 1. The molecule has 0 aliphatic heterocycles. The van der Waals surface area contributed by atoms with Gasteiger partial charge in [-0.1, -0.05) is 30.3 Å². The van der Waals surface area contributed by atoms with Crippen LogP contribution in [0.25, 0.3) is 0 Å². The van der Waals surface area contributed by atoms with E-state index in [9.17, 15) is 13.2 Å². The molecular formula is C16H17NO4S. The number of hydrogen-bond donors (Lipinski definition) is 1. The lowest BCUT2D eigenvalue weighted by Crippen LogP contribution is -2.19. The van der Waals surface area contributed by atoms with Gasteiger partial charge in [0.1, 0.15) is 0 Å². The Hall–Kier alpha value is -2.34. The van der Waals surface area contributed by atoms with Gasteiger partial charge in [0.05, 0.1) is 16.1 Å². The number of carbonyl (C=O) groups is 1. The van der Waals surface area contributed by atoms with E-state index in [2.05, 4.69) is 0 Å². The summed E-state index contributed by atoms with van der Waals surface area (Å²) in [6.07, 6.45) is 1.08. The minimum atomic E-state index is -3.53. The highest BCUT2D eigenvalue weighted by Crippen LogP contribution is 2.27.